The van der Waals surface area contributed by atoms with Crippen LogP contribution in [0.25, 0.3) is 0 Å². The van der Waals surface area contributed by atoms with Crippen LogP contribution in [0.5, 0.6) is 11.5 Å². The fourth-order valence-corrected chi connectivity index (χ4v) is 1.02. The van der Waals surface area contributed by atoms with Gasteiger partial charge in [-0.2, -0.15) is 0 Å². The van der Waals surface area contributed by atoms with E-state index in [2.05, 4.69) is 0 Å². The van der Waals surface area contributed by atoms with E-state index in [0.29, 0.717) is 9.86 Å². The van der Waals surface area contributed by atoms with Crippen molar-refractivity contribution in [2.45, 2.75) is 0 Å². The van der Waals surface area contributed by atoms with E-state index < -0.39 is 0 Å². The van der Waals surface area contributed by atoms with Gasteiger partial charge in [-0.3, -0.25) is 4.79 Å². The van der Waals surface area contributed by atoms with Gasteiger partial charge in [0.05, 0.1) is 0 Å². The second-order valence-electron chi connectivity index (χ2n) is 2.14. The van der Waals surface area contributed by atoms with Gasteiger partial charge >= 0.3 is 0 Å². The molecule has 5 heteroatoms. The third kappa shape index (κ3) is 3.67. The average molecular weight is 403 g/mol. The smallest absolute Gasteiger partial charge is 0.282 e. The maximum absolute atomic E-state index is 10.8. The van der Waals surface area contributed by atoms with Crippen molar-refractivity contribution in [1.29, 1.82) is 0 Å². The van der Waals surface area contributed by atoms with Crippen LogP contribution in [-0.4, -0.2) is 8.90 Å². The number of rotatable bonds is 3. The van der Waals surface area contributed by atoms with E-state index in [1.54, 1.807) is 34.7 Å². The topological polar surface area (TPSA) is 46.5 Å². The van der Waals surface area contributed by atoms with Crippen LogP contribution in [0.15, 0.2) is 24.3 Å². The zero-order valence-electron chi connectivity index (χ0n) is 6.33. The molecule has 1 N–H and O–H groups in total. The molecule has 0 saturated carbocycles. The van der Waals surface area contributed by atoms with Crippen molar-refractivity contribution in [3.05, 3.63) is 28.4 Å². The van der Waals surface area contributed by atoms with Crippen LogP contribution in [-0.2, 0) is 4.79 Å². The van der Waals surface area contributed by atoms with Crippen LogP contribution in [0.4, 0.5) is 0 Å². The lowest BCUT2D eigenvalue weighted by Gasteiger charge is -2.06. The Morgan fingerprint density at radius 2 is 1.77 bits per heavy atom. The molecule has 0 unspecified atom stereocenters. The third-order valence-electron chi connectivity index (χ3n) is 1.20. The average Bonchev–Trinajstić information content (AvgIpc) is 2.08. The highest BCUT2D eigenvalue weighted by Gasteiger charge is 2.14. The highest BCUT2D eigenvalue weighted by molar-refractivity contribution is 14.1. The summed E-state index contributed by atoms with van der Waals surface area (Å²) in [5, 5.41) is 8.97. The van der Waals surface area contributed by atoms with E-state index in [0.717, 1.165) is 0 Å². The fourth-order valence-electron chi connectivity index (χ4n) is 0.658. The molecule has 0 fully saturated rings. The molecule has 1 radical (unpaired) electrons. The van der Waals surface area contributed by atoms with Crippen LogP contribution in [0.2, 0.25) is 0 Å². The molecule has 3 nitrogen and oxygen atoms in total. The van der Waals surface area contributed by atoms with E-state index in [1.165, 1.54) is 12.1 Å². The molecule has 69 valence electrons. The fraction of sp³-hybridized carbons (Fsp3) is 0. The Morgan fingerprint density at radius 3 is 2.23 bits per heavy atom. The summed E-state index contributed by atoms with van der Waals surface area (Å²) < 4.78 is 5.31. The molecule has 0 spiro atoms. The maximum atomic E-state index is 10.8. The Labute approximate surface area is 103 Å². The van der Waals surface area contributed by atoms with Gasteiger partial charge in [0.15, 0.2) is 0 Å². The molecule has 0 bridgehead atoms. The highest BCUT2D eigenvalue weighted by atomic mass is 127. The van der Waals surface area contributed by atoms with E-state index >= 15 is 0 Å². The summed E-state index contributed by atoms with van der Waals surface area (Å²) in [7, 11) is 0. The van der Waals surface area contributed by atoms with Crippen LogP contribution < -0.4 is 4.74 Å². The summed E-state index contributed by atoms with van der Waals surface area (Å²) in [6, 6.07) is 6.18. The third-order valence-corrected chi connectivity index (χ3v) is 3.43. The number of hydrogen-bond donors (Lipinski definition) is 1. The number of hydrogen-bond acceptors (Lipinski definition) is 3. The minimum Gasteiger partial charge on any atom is -0.508 e. The minimum absolute atomic E-state index is 0.147. The van der Waals surface area contributed by atoms with Crippen molar-refractivity contribution in [3.8, 4) is 11.5 Å². The Hall–Kier alpha value is -0.0500. The van der Waals surface area contributed by atoms with E-state index in [1.807, 2.05) is 22.6 Å². The Morgan fingerprint density at radius 1 is 1.23 bits per heavy atom. The van der Waals surface area contributed by atoms with Crippen LogP contribution in [0, 0.1) is 4.11 Å². The number of carbonyl (C=O) groups is 1. The van der Waals surface area contributed by atoms with Gasteiger partial charge in [-0.15, -0.1) is 0 Å². The van der Waals surface area contributed by atoms with Crippen molar-refractivity contribution in [2.24, 2.45) is 0 Å². The zero-order valence-corrected chi connectivity index (χ0v) is 10.6. The maximum Gasteiger partial charge on any atom is 0.282 e. The lowest BCUT2D eigenvalue weighted by molar-refractivity contribution is -0.108. The van der Waals surface area contributed by atoms with Crippen molar-refractivity contribution in [1.82, 2.24) is 0 Å². The van der Waals surface area contributed by atoms with Gasteiger partial charge in [0, 0.05) is 22.6 Å². The molecule has 0 aromatic heterocycles. The Kier molecular flexibility index (Phi) is 4.23. The number of benzene rings is 1. The SMILES string of the molecule is O=C(I)[C](I)Oc1ccc(O)cc1. The van der Waals surface area contributed by atoms with Gasteiger partial charge in [-0.1, -0.05) is 0 Å². The zero-order chi connectivity index (χ0) is 9.84. The second kappa shape index (κ2) is 4.99. The number of carbonyl (C=O) groups excluding carboxylic acids is 1. The number of aromatic hydroxyl groups is 1. The standard InChI is InChI=1S/C8H5I2O3/c9-7(12)8(10)13-6-3-1-5(11)2-4-6/h1-4,11H. The molecule has 0 heterocycles. The second-order valence-corrected chi connectivity index (χ2v) is 4.10. The molecule has 0 amide bonds. The number of phenols is 1. The highest BCUT2D eigenvalue weighted by Crippen LogP contribution is 2.24. The van der Waals surface area contributed by atoms with Crippen molar-refractivity contribution in [3.63, 3.8) is 0 Å². The van der Waals surface area contributed by atoms with E-state index in [9.17, 15) is 4.79 Å². The molecule has 1 aromatic rings. The van der Waals surface area contributed by atoms with Gasteiger partial charge in [0.2, 0.25) is 0 Å². The summed E-state index contributed by atoms with van der Waals surface area (Å²) in [6.45, 7) is 0. The first kappa shape index (κ1) is 11.0. The molecule has 0 aliphatic carbocycles. The number of ether oxygens (including phenoxy) is 1. The van der Waals surface area contributed by atoms with Crippen molar-refractivity contribution >= 4 is 49.0 Å². The molecule has 0 aliphatic rings. The lowest BCUT2D eigenvalue weighted by Crippen LogP contribution is -2.04. The molecule has 13 heavy (non-hydrogen) atoms. The molecule has 1 rings (SSSR count). The molecule has 0 atom stereocenters. The Balaban J connectivity index is 2.64. The molecule has 0 saturated heterocycles. The van der Waals surface area contributed by atoms with Crippen LogP contribution in [0.1, 0.15) is 0 Å². The molecule has 0 aliphatic heterocycles. The van der Waals surface area contributed by atoms with Crippen LogP contribution >= 0.6 is 45.2 Å². The predicted molar refractivity (Wildman–Crippen MR) is 65.0 cm³/mol. The Bertz CT molecular complexity index is 297. The minimum atomic E-state index is -0.147. The largest absolute Gasteiger partial charge is 0.508 e. The van der Waals surface area contributed by atoms with Gasteiger partial charge in [0.25, 0.3) is 7.90 Å². The first-order valence-corrected chi connectivity index (χ1v) is 5.44. The molecular formula is C8H5I2O3. The molecule has 1 aromatic carbocycles. The van der Waals surface area contributed by atoms with Crippen LogP contribution in [0.3, 0.4) is 0 Å². The predicted octanol–water partition coefficient (Wildman–Crippen LogP) is 2.66. The van der Waals surface area contributed by atoms with Gasteiger partial charge in [-0.25, -0.2) is 0 Å². The van der Waals surface area contributed by atoms with E-state index in [4.69, 9.17) is 9.84 Å². The summed E-state index contributed by atoms with van der Waals surface area (Å²) >= 11 is 3.46. The van der Waals surface area contributed by atoms with Gasteiger partial charge in [-0.05, 0) is 46.9 Å². The lowest BCUT2D eigenvalue weighted by atomic mass is 10.3. The normalized spacial score (nSPS) is 10.1. The number of phenolic OH excluding ortho intramolecular Hbond substituents is 1. The summed E-state index contributed by atoms with van der Waals surface area (Å²) in [5.41, 5.74) is 0. The first-order valence-electron chi connectivity index (χ1n) is 3.29. The molecular weight excluding hydrogens is 398 g/mol. The number of halogens is 2. The summed E-state index contributed by atoms with van der Waals surface area (Å²) in [6.07, 6.45) is 0. The quantitative estimate of drug-likeness (QED) is 0.624. The van der Waals surface area contributed by atoms with Crippen molar-refractivity contribution < 1.29 is 14.6 Å². The summed E-state index contributed by atoms with van der Waals surface area (Å²) in [4.78, 5) is 10.8. The summed E-state index contributed by atoms with van der Waals surface area (Å²) in [5.74, 6) is 0.704. The van der Waals surface area contributed by atoms with Crippen molar-refractivity contribution in [2.75, 3.05) is 0 Å². The van der Waals surface area contributed by atoms with Gasteiger partial charge < -0.3 is 9.84 Å². The monoisotopic (exact) mass is 403 g/mol. The van der Waals surface area contributed by atoms with E-state index in [-0.39, 0.29) is 9.54 Å². The van der Waals surface area contributed by atoms with Gasteiger partial charge in [0.1, 0.15) is 11.5 Å². The first-order chi connectivity index (χ1) is 6.09.